The van der Waals surface area contributed by atoms with Crippen LogP contribution < -0.4 is 5.73 Å². The second-order valence-corrected chi connectivity index (χ2v) is 5.43. The van der Waals surface area contributed by atoms with E-state index < -0.39 is 5.54 Å². The maximum Gasteiger partial charge on any atom is 0.142 e. The Morgan fingerprint density at radius 3 is 2.78 bits per heavy atom. The summed E-state index contributed by atoms with van der Waals surface area (Å²) in [6.07, 6.45) is 2.49. The number of hydrogen-bond donors (Lipinski definition) is 1. The second-order valence-electron chi connectivity index (χ2n) is 5.43. The van der Waals surface area contributed by atoms with Gasteiger partial charge in [0, 0.05) is 13.1 Å². The molecule has 0 aliphatic carbocycles. The molecule has 0 spiro atoms. The molecule has 1 heterocycles. The van der Waals surface area contributed by atoms with E-state index in [-0.39, 0.29) is 0 Å². The first-order valence-corrected chi connectivity index (χ1v) is 6.62. The first kappa shape index (κ1) is 13.1. The van der Waals surface area contributed by atoms with E-state index in [1.807, 2.05) is 30.3 Å². The Kier molecular flexibility index (Phi) is 4.00. The molecule has 0 saturated carbocycles. The summed E-state index contributed by atoms with van der Waals surface area (Å²) in [5, 5.41) is 9.43. The molecule has 1 fully saturated rings. The lowest BCUT2D eigenvalue weighted by Crippen LogP contribution is -2.49. The summed E-state index contributed by atoms with van der Waals surface area (Å²) in [5.74, 6) is 0.706. The Morgan fingerprint density at radius 2 is 2.17 bits per heavy atom. The van der Waals surface area contributed by atoms with E-state index in [4.69, 9.17) is 5.73 Å². The highest BCUT2D eigenvalue weighted by Crippen LogP contribution is 2.22. The van der Waals surface area contributed by atoms with E-state index in [0.717, 1.165) is 18.7 Å². The van der Waals surface area contributed by atoms with Crippen molar-refractivity contribution in [2.75, 3.05) is 19.6 Å². The van der Waals surface area contributed by atoms with E-state index >= 15 is 0 Å². The maximum absolute atomic E-state index is 9.43. The molecule has 1 aliphatic heterocycles. The Labute approximate surface area is 109 Å². The minimum Gasteiger partial charge on any atom is -0.309 e. The molecule has 1 saturated heterocycles. The van der Waals surface area contributed by atoms with E-state index in [2.05, 4.69) is 17.9 Å². The monoisotopic (exact) mass is 243 g/mol. The number of hydrogen-bond acceptors (Lipinski definition) is 3. The topological polar surface area (TPSA) is 53.0 Å². The van der Waals surface area contributed by atoms with Crippen LogP contribution in [0.15, 0.2) is 30.3 Å². The summed E-state index contributed by atoms with van der Waals surface area (Å²) < 4.78 is 0. The number of rotatable bonds is 3. The zero-order chi connectivity index (χ0) is 13.0. The first-order chi connectivity index (χ1) is 8.64. The zero-order valence-corrected chi connectivity index (χ0v) is 11.0. The van der Waals surface area contributed by atoms with Gasteiger partial charge in [0.2, 0.25) is 0 Å². The molecule has 0 radical (unpaired) electrons. The lowest BCUT2D eigenvalue weighted by atomic mass is 9.90. The highest BCUT2D eigenvalue weighted by molar-refractivity contribution is 5.31. The van der Waals surface area contributed by atoms with E-state index in [0.29, 0.717) is 12.5 Å². The largest absolute Gasteiger partial charge is 0.309 e. The van der Waals surface area contributed by atoms with Gasteiger partial charge in [-0.15, -0.1) is 0 Å². The van der Waals surface area contributed by atoms with Crippen LogP contribution in [0.3, 0.4) is 0 Å². The van der Waals surface area contributed by atoms with Crippen molar-refractivity contribution in [3.8, 4) is 6.07 Å². The van der Waals surface area contributed by atoms with Crippen molar-refractivity contribution in [3.63, 3.8) is 0 Å². The van der Waals surface area contributed by atoms with E-state index in [9.17, 15) is 5.26 Å². The molecule has 0 amide bonds. The van der Waals surface area contributed by atoms with Gasteiger partial charge in [0.1, 0.15) is 5.54 Å². The summed E-state index contributed by atoms with van der Waals surface area (Å²) in [4.78, 5) is 2.32. The average Bonchev–Trinajstić information content (AvgIpc) is 2.39. The maximum atomic E-state index is 9.43. The number of nitrogens with zero attached hydrogens (tertiary/aromatic N) is 2. The van der Waals surface area contributed by atoms with Gasteiger partial charge < -0.3 is 5.73 Å². The molecule has 3 heteroatoms. The zero-order valence-electron chi connectivity index (χ0n) is 11.0. The summed E-state index contributed by atoms with van der Waals surface area (Å²) in [6, 6.07) is 12.0. The fraction of sp³-hybridized carbons (Fsp3) is 0.533. The standard InChI is InChI=1S/C15H21N3/c1-13-6-5-9-18(10-13)12-15(17,11-16)14-7-3-2-4-8-14/h2-4,7-8,13H,5-6,9-10,12,17H2,1H3. The minimum absolute atomic E-state index is 0.623. The number of piperidine rings is 1. The van der Waals surface area contributed by atoms with Crippen LogP contribution in [0.1, 0.15) is 25.3 Å². The van der Waals surface area contributed by atoms with Crippen LogP contribution in [0.4, 0.5) is 0 Å². The Balaban J connectivity index is 2.11. The predicted molar refractivity (Wildman–Crippen MR) is 72.8 cm³/mol. The normalized spacial score (nSPS) is 24.2. The molecule has 2 atom stereocenters. The molecular formula is C15H21N3. The summed E-state index contributed by atoms with van der Waals surface area (Å²) >= 11 is 0. The highest BCUT2D eigenvalue weighted by atomic mass is 15.2. The fourth-order valence-corrected chi connectivity index (χ4v) is 2.71. The molecule has 0 bridgehead atoms. The Hall–Kier alpha value is -1.37. The van der Waals surface area contributed by atoms with Gasteiger partial charge in [-0.25, -0.2) is 0 Å². The second kappa shape index (κ2) is 5.51. The third-order valence-corrected chi connectivity index (χ3v) is 3.70. The molecule has 1 aromatic carbocycles. The SMILES string of the molecule is CC1CCCN(CC(N)(C#N)c2ccccc2)C1. The fourth-order valence-electron chi connectivity index (χ4n) is 2.71. The van der Waals surface area contributed by atoms with Gasteiger partial charge in [0.25, 0.3) is 0 Å². The minimum atomic E-state index is -0.891. The van der Waals surface area contributed by atoms with Crippen LogP contribution in [0.25, 0.3) is 0 Å². The molecule has 0 aromatic heterocycles. The van der Waals surface area contributed by atoms with Gasteiger partial charge in [-0.3, -0.25) is 4.90 Å². The van der Waals surface area contributed by atoms with Crippen molar-refractivity contribution in [1.82, 2.24) is 4.90 Å². The van der Waals surface area contributed by atoms with Crippen molar-refractivity contribution < 1.29 is 0 Å². The van der Waals surface area contributed by atoms with Crippen LogP contribution in [-0.2, 0) is 5.54 Å². The summed E-state index contributed by atoms with van der Waals surface area (Å²) in [6.45, 7) is 4.99. The number of nitrogens with two attached hydrogens (primary N) is 1. The quantitative estimate of drug-likeness (QED) is 0.884. The van der Waals surface area contributed by atoms with Crippen LogP contribution in [0.2, 0.25) is 0 Å². The molecule has 2 N–H and O–H groups in total. The number of nitriles is 1. The first-order valence-electron chi connectivity index (χ1n) is 6.62. The van der Waals surface area contributed by atoms with Gasteiger partial charge in [0.05, 0.1) is 6.07 Å². The van der Waals surface area contributed by atoms with Crippen molar-refractivity contribution in [3.05, 3.63) is 35.9 Å². The van der Waals surface area contributed by atoms with Gasteiger partial charge in [-0.2, -0.15) is 5.26 Å². The van der Waals surface area contributed by atoms with E-state index in [1.165, 1.54) is 12.8 Å². The summed E-state index contributed by atoms with van der Waals surface area (Å²) in [7, 11) is 0. The van der Waals surface area contributed by atoms with Crippen molar-refractivity contribution >= 4 is 0 Å². The smallest absolute Gasteiger partial charge is 0.142 e. The van der Waals surface area contributed by atoms with Crippen LogP contribution in [0, 0.1) is 17.2 Å². The highest BCUT2D eigenvalue weighted by Gasteiger charge is 2.31. The molecule has 3 nitrogen and oxygen atoms in total. The van der Waals surface area contributed by atoms with Crippen LogP contribution in [0.5, 0.6) is 0 Å². The van der Waals surface area contributed by atoms with Crippen molar-refractivity contribution in [2.24, 2.45) is 11.7 Å². The molecule has 1 aliphatic rings. The van der Waals surface area contributed by atoms with Gasteiger partial charge in [-0.1, -0.05) is 37.3 Å². The van der Waals surface area contributed by atoms with Crippen molar-refractivity contribution in [2.45, 2.75) is 25.3 Å². The molecule has 96 valence electrons. The lowest BCUT2D eigenvalue weighted by molar-refractivity contribution is 0.161. The van der Waals surface area contributed by atoms with Crippen molar-refractivity contribution in [1.29, 1.82) is 5.26 Å². The predicted octanol–water partition coefficient (Wildman–Crippen LogP) is 2.10. The third-order valence-electron chi connectivity index (χ3n) is 3.70. The summed E-state index contributed by atoms with van der Waals surface area (Å²) in [5.41, 5.74) is 6.31. The van der Waals surface area contributed by atoms with Gasteiger partial charge >= 0.3 is 0 Å². The molecule has 2 unspecified atom stereocenters. The molecule has 1 aromatic rings. The molecule has 2 rings (SSSR count). The van der Waals surface area contributed by atoms with Gasteiger partial charge in [-0.05, 0) is 30.9 Å². The van der Waals surface area contributed by atoms with Crippen LogP contribution in [-0.4, -0.2) is 24.5 Å². The Morgan fingerprint density at radius 1 is 1.44 bits per heavy atom. The lowest BCUT2D eigenvalue weighted by Gasteiger charge is -2.35. The average molecular weight is 243 g/mol. The number of likely N-dealkylation sites (tertiary alicyclic amines) is 1. The molecular weight excluding hydrogens is 222 g/mol. The number of benzene rings is 1. The van der Waals surface area contributed by atoms with Gasteiger partial charge in [0.15, 0.2) is 0 Å². The Bertz CT molecular complexity index is 423. The van der Waals surface area contributed by atoms with Crippen LogP contribution >= 0.6 is 0 Å². The molecule has 18 heavy (non-hydrogen) atoms. The third kappa shape index (κ3) is 2.90. The van der Waals surface area contributed by atoms with E-state index in [1.54, 1.807) is 0 Å².